The first-order valence-corrected chi connectivity index (χ1v) is 6.65. The summed E-state index contributed by atoms with van der Waals surface area (Å²) in [6.07, 6.45) is 6.79. The number of carbonyl (C=O) groups excluding carboxylic acids is 1. The number of hydrogen-bond acceptors (Lipinski definition) is 1. The van der Waals surface area contributed by atoms with Crippen LogP contribution in [0.2, 0.25) is 0 Å². The van der Waals surface area contributed by atoms with E-state index in [4.69, 9.17) is 0 Å². The molecule has 92 valence electrons. The predicted octanol–water partition coefficient (Wildman–Crippen LogP) is 3.32. The molecule has 2 heteroatoms. The van der Waals surface area contributed by atoms with Crippen LogP contribution in [0.3, 0.4) is 0 Å². The Labute approximate surface area is 104 Å². The van der Waals surface area contributed by atoms with E-state index in [2.05, 4.69) is 31.2 Å². The molecule has 0 spiro atoms. The summed E-state index contributed by atoms with van der Waals surface area (Å²) in [4.78, 5) is 13.2. The van der Waals surface area contributed by atoms with E-state index < -0.39 is 0 Å². The molecule has 1 aromatic carbocycles. The molecule has 1 aromatic rings. The monoisotopic (exact) mass is 231 g/mol. The van der Waals surface area contributed by atoms with Crippen molar-refractivity contribution in [1.82, 2.24) is 4.90 Å². The van der Waals surface area contributed by atoms with Crippen molar-refractivity contribution in [3.63, 3.8) is 0 Å². The van der Waals surface area contributed by atoms with Gasteiger partial charge in [-0.15, -0.1) is 0 Å². The lowest BCUT2D eigenvalue weighted by molar-refractivity contribution is -0.120. The van der Waals surface area contributed by atoms with Crippen LogP contribution in [0.4, 0.5) is 0 Å². The lowest BCUT2D eigenvalue weighted by Gasteiger charge is -2.28. The molecule has 0 unspecified atom stereocenters. The molecule has 1 aliphatic heterocycles. The second kappa shape index (κ2) is 5.85. The van der Waals surface area contributed by atoms with Crippen LogP contribution in [-0.4, -0.2) is 17.9 Å². The van der Waals surface area contributed by atoms with Crippen LogP contribution in [-0.2, 0) is 11.2 Å². The molecule has 1 atom stereocenters. The Morgan fingerprint density at radius 3 is 2.88 bits per heavy atom. The van der Waals surface area contributed by atoms with Gasteiger partial charge >= 0.3 is 0 Å². The quantitative estimate of drug-likeness (QED) is 0.731. The summed E-state index contributed by atoms with van der Waals surface area (Å²) in [6.45, 7) is 3.09. The van der Waals surface area contributed by atoms with Gasteiger partial charge in [0.05, 0.1) is 6.04 Å². The number of likely N-dealkylation sites (tertiary alicyclic amines) is 1. The van der Waals surface area contributed by atoms with Crippen molar-refractivity contribution in [2.24, 2.45) is 0 Å². The van der Waals surface area contributed by atoms with Crippen LogP contribution in [0.1, 0.15) is 49.8 Å². The normalized spacial score (nSPS) is 21.0. The van der Waals surface area contributed by atoms with E-state index in [9.17, 15) is 4.79 Å². The second-order valence-electron chi connectivity index (χ2n) is 4.76. The first-order chi connectivity index (χ1) is 8.36. The highest BCUT2D eigenvalue weighted by Gasteiger charge is 2.22. The third-order valence-corrected chi connectivity index (χ3v) is 3.72. The van der Waals surface area contributed by atoms with Gasteiger partial charge < -0.3 is 4.90 Å². The van der Waals surface area contributed by atoms with Crippen LogP contribution in [0.15, 0.2) is 24.3 Å². The fourth-order valence-corrected chi connectivity index (χ4v) is 2.77. The number of benzene rings is 1. The van der Waals surface area contributed by atoms with Gasteiger partial charge in [-0.05, 0) is 30.4 Å². The van der Waals surface area contributed by atoms with Gasteiger partial charge in [0, 0.05) is 6.54 Å². The SMILES string of the molecule is CCc1ccccc1[C@H]1CCCCCN1C=O. The van der Waals surface area contributed by atoms with Gasteiger partial charge in [0.1, 0.15) is 0 Å². The van der Waals surface area contributed by atoms with E-state index in [1.54, 1.807) is 0 Å². The van der Waals surface area contributed by atoms with Gasteiger partial charge in [-0.1, -0.05) is 44.0 Å². The van der Waals surface area contributed by atoms with E-state index in [0.717, 1.165) is 32.2 Å². The Kier molecular flexibility index (Phi) is 4.18. The van der Waals surface area contributed by atoms with Crippen LogP contribution in [0.5, 0.6) is 0 Å². The average molecular weight is 231 g/mol. The van der Waals surface area contributed by atoms with Gasteiger partial charge in [-0.2, -0.15) is 0 Å². The Balaban J connectivity index is 2.31. The molecule has 0 bridgehead atoms. The fraction of sp³-hybridized carbons (Fsp3) is 0.533. The van der Waals surface area contributed by atoms with Gasteiger partial charge in [-0.25, -0.2) is 0 Å². The fourth-order valence-electron chi connectivity index (χ4n) is 2.77. The highest BCUT2D eigenvalue weighted by molar-refractivity contribution is 5.49. The van der Waals surface area contributed by atoms with Crippen molar-refractivity contribution in [3.05, 3.63) is 35.4 Å². The minimum atomic E-state index is 0.297. The van der Waals surface area contributed by atoms with Gasteiger partial charge in [0.2, 0.25) is 6.41 Å². The maximum absolute atomic E-state index is 11.2. The number of rotatable bonds is 3. The number of nitrogens with zero attached hydrogens (tertiary/aromatic N) is 1. The summed E-state index contributed by atoms with van der Waals surface area (Å²) >= 11 is 0. The number of hydrogen-bond donors (Lipinski definition) is 0. The minimum absolute atomic E-state index is 0.297. The molecule has 1 aliphatic rings. The minimum Gasteiger partial charge on any atom is -0.338 e. The summed E-state index contributed by atoms with van der Waals surface area (Å²) in [6, 6.07) is 8.84. The van der Waals surface area contributed by atoms with Gasteiger partial charge in [0.25, 0.3) is 0 Å². The van der Waals surface area contributed by atoms with Crippen LogP contribution < -0.4 is 0 Å². The average Bonchev–Trinajstić information content (AvgIpc) is 2.63. The van der Waals surface area contributed by atoms with E-state index >= 15 is 0 Å². The largest absolute Gasteiger partial charge is 0.338 e. The zero-order chi connectivity index (χ0) is 12.1. The van der Waals surface area contributed by atoms with Crippen molar-refractivity contribution >= 4 is 6.41 Å². The zero-order valence-corrected chi connectivity index (χ0v) is 10.6. The molecule has 1 saturated heterocycles. The number of aryl methyl sites for hydroxylation is 1. The lowest BCUT2D eigenvalue weighted by atomic mass is 9.95. The topological polar surface area (TPSA) is 20.3 Å². The molecule has 0 saturated carbocycles. The third kappa shape index (κ3) is 2.68. The van der Waals surface area contributed by atoms with Crippen LogP contribution >= 0.6 is 0 Å². The van der Waals surface area contributed by atoms with Crippen LogP contribution in [0.25, 0.3) is 0 Å². The van der Waals surface area contributed by atoms with E-state index in [1.165, 1.54) is 24.0 Å². The molecule has 1 heterocycles. The molecule has 1 fully saturated rings. The number of amides is 1. The zero-order valence-electron chi connectivity index (χ0n) is 10.6. The van der Waals surface area contributed by atoms with Gasteiger partial charge in [-0.3, -0.25) is 4.79 Å². The maximum atomic E-state index is 11.2. The summed E-state index contributed by atoms with van der Waals surface area (Å²) in [7, 11) is 0. The molecular weight excluding hydrogens is 210 g/mol. The number of carbonyl (C=O) groups is 1. The van der Waals surface area contributed by atoms with Crippen molar-refractivity contribution < 1.29 is 4.79 Å². The Bertz CT molecular complexity index is 375. The molecule has 0 N–H and O–H groups in total. The first kappa shape index (κ1) is 12.2. The smallest absolute Gasteiger partial charge is 0.210 e. The molecule has 2 rings (SSSR count). The second-order valence-corrected chi connectivity index (χ2v) is 4.76. The molecule has 0 aliphatic carbocycles. The molecule has 1 amide bonds. The highest BCUT2D eigenvalue weighted by atomic mass is 16.1. The molecule has 17 heavy (non-hydrogen) atoms. The first-order valence-electron chi connectivity index (χ1n) is 6.65. The highest BCUT2D eigenvalue weighted by Crippen LogP contribution is 2.31. The summed E-state index contributed by atoms with van der Waals surface area (Å²) in [5.74, 6) is 0. The van der Waals surface area contributed by atoms with E-state index in [-0.39, 0.29) is 0 Å². The molecule has 0 aromatic heterocycles. The summed E-state index contributed by atoms with van der Waals surface area (Å²) < 4.78 is 0. The Morgan fingerprint density at radius 2 is 2.12 bits per heavy atom. The molecule has 0 radical (unpaired) electrons. The molecule has 2 nitrogen and oxygen atoms in total. The Morgan fingerprint density at radius 1 is 1.29 bits per heavy atom. The summed E-state index contributed by atoms with van der Waals surface area (Å²) in [5, 5.41) is 0. The van der Waals surface area contributed by atoms with Crippen molar-refractivity contribution in [3.8, 4) is 0 Å². The van der Waals surface area contributed by atoms with E-state index in [0.29, 0.717) is 6.04 Å². The summed E-state index contributed by atoms with van der Waals surface area (Å²) in [5.41, 5.74) is 2.73. The van der Waals surface area contributed by atoms with E-state index in [1.807, 2.05) is 4.90 Å². The molecular formula is C15H21NO. The van der Waals surface area contributed by atoms with Crippen molar-refractivity contribution in [1.29, 1.82) is 0 Å². The van der Waals surface area contributed by atoms with Gasteiger partial charge in [0.15, 0.2) is 0 Å². The third-order valence-electron chi connectivity index (χ3n) is 3.72. The predicted molar refractivity (Wildman–Crippen MR) is 69.8 cm³/mol. The lowest BCUT2D eigenvalue weighted by Crippen LogP contribution is -2.27. The van der Waals surface area contributed by atoms with Crippen LogP contribution in [0, 0.1) is 0 Å². The Hall–Kier alpha value is -1.31. The van der Waals surface area contributed by atoms with Crippen molar-refractivity contribution in [2.75, 3.05) is 6.54 Å². The van der Waals surface area contributed by atoms with Crippen molar-refractivity contribution in [2.45, 2.75) is 45.1 Å². The maximum Gasteiger partial charge on any atom is 0.210 e. The standard InChI is InChI=1S/C15H21NO/c1-2-13-8-5-6-9-14(13)15-10-4-3-7-11-16(15)12-17/h5-6,8-9,12,15H,2-4,7,10-11H2,1H3/t15-/m1/s1.